The normalized spacial score (nSPS) is 27.9. The van der Waals surface area contributed by atoms with Gasteiger partial charge in [-0.1, -0.05) is 152 Å². The van der Waals surface area contributed by atoms with Crippen LogP contribution >= 0.6 is 11.3 Å². The van der Waals surface area contributed by atoms with Crippen molar-refractivity contribution in [1.29, 1.82) is 0 Å². The molecule has 4 heterocycles. The molecule has 78 heavy (non-hydrogen) atoms. The summed E-state index contributed by atoms with van der Waals surface area (Å²) in [6, 6.07) is 43.5. The summed E-state index contributed by atoms with van der Waals surface area (Å²) < 4.78 is 1.45. The van der Waals surface area contributed by atoms with Crippen LogP contribution in [0.1, 0.15) is 219 Å². The van der Waals surface area contributed by atoms with E-state index in [-0.39, 0.29) is 55.6 Å². The van der Waals surface area contributed by atoms with E-state index in [1.54, 1.807) is 11.1 Å². The summed E-state index contributed by atoms with van der Waals surface area (Å²) in [6.45, 7) is 37.6. The first-order valence-electron chi connectivity index (χ1n) is 30.4. The van der Waals surface area contributed by atoms with Gasteiger partial charge in [0.05, 0.1) is 10.5 Å². The second kappa shape index (κ2) is 15.4. The van der Waals surface area contributed by atoms with Gasteiger partial charge >= 0.3 is 0 Å². The highest BCUT2D eigenvalue weighted by molar-refractivity contribution is 7.26. The molecule has 2 bridgehead atoms. The van der Waals surface area contributed by atoms with Crippen LogP contribution in [0.5, 0.6) is 0 Å². The van der Waals surface area contributed by atoms with Gasteiger partial charge in [-0.25, -0.2) is 0 Å². The Morgan fingerprint density at radius 3 is 1.64 bits per heavy atom. The molecule has 0 amide bonds. The molecule has 7 aromatic rings. The highest BCUT2D eigenvalue weighted by Gasteiger charge is 2.59. The Morgan fingerprint density at radius 1 is 0.449 bits per heavy atom. The summed E-state index contributed by atoms with van der Waals surface area (Å²) in [5, 5.41) is 2.87. The van der Waals surface area contributed by atoms with Crippen molar-refractivity contribution in [3.05, 3.63) is 148 Å². The molecule has 3 aliphatic heterocycles. The van der Waals surface area contributed by atoms with E-state index in [9.17, 15) is 0 Å². The van der Waals surface area contributed by atoms with Gasteiger partial charge in [-0.05, 0) is 230 Å². The number of anilines is 8. The standard InChI is InChI=1S/C73H84BN3S/c1-65(2,3)44-22-27-56-58(36-44)75(45-23-25-49-52(37-45)68(8,9)32-30-66(49,4)5)59-39-47(77-57-21-17-16-20-51(57)72(14)28-18-19-29-73(72,77)15)40-60-63(59)74(56)62-48-41-54-55(71(13)35-34-70(54,12)43-71)42-61(48)78-64(62)76(60)46-24-26-50-53(38-46)69(10,11)33-31-67(50,6)7/h16-17,20-27,36-42H,18-19,28-35,43H2,1-15H3. The van der Waals surface area contributed by atoms with E-state index in [4.69, 9.17) is 0 Å². The molecule has 2 saturated carbocycles. The Bertz CT molecular complexity index is 3790. The Balaban J connectivity index is 1.09. The highest BCUT2D eigenvalue weighted by atomic mass is 32.1. The highest BCUT2D eigenvalue weighted by Crippen LogP contribution is 2.64. The molecule has 4 atom stereocenters. The number of fused-ring (bicyclic) bond motifs is 16. The monoisotopic (exact) mass is 1050 g/mol. The van der Waals surface area contributed by atoms with E-state index in [0.29, 0.717) is 0 Å². The summed E-state index contributed by atoms with van der Waals surface area (Å²) in [7, 11) is 0. The quantitative estimate of drug-likeness (QED) is 0.163. The third-order valence-corrected chi connectivity index (χ3v) is 24.6. The van der Waals surface area contributed by atoms with Gasteiger partial charge < -0.3 is 14.7 Å². The van der Waals surface area contributed by atoms with Crippen molar-refractivity contribution in [2.45, 2.75) is 223 Å². The summed E-state index contributed by atoms with van der Waals surface area (Å²) in [5.41, 5.74) is 26.5. The Kier molecular flexibility index (Phi) is 9.82. The maximum Gasteiger partial charge on any atom is 0.254 e. The van der Waals surface area contributed by atoms with E-state index < -0.39 is 0 Å². The lowest BCUT2D eigenvalue weighted by molar-refractivity contribution is 0.195. The van der Waals surface area contributed by atoms with Gasteiger partial charge in [0, 0.05) is 49.9 Å². The number of benzene rings is 6. The minimum absolute atomic E-state index is 0.0184. The van der Waals surface area contributed by atoms with Crippen molar-refractivity contribution in [3.63, 3.8) is 0 Å². The maximum absolute atomic E-state index is 2.86. The van der Waals surface area contributed by atoms with Crippen molar-refractivity contribution in [2.75, 3.05) is 14.7 Å². The Hall–Kier alpha value is -5.26. The summed E-state index contributed by atoms with van der Waals surface area (Å²) in [5.74, 6) is 0. The summed E-state index contributed by atoms with van der Waals surface area (Å²) in [4.78, 5) is 8.46. The van der Waals surface area contributed by atoms with Crippen molar-refractivity contribution >= 4 is 89.3 Å². The lowest BCUT2D eigenvalue weighted by Crippen LogP contribution is -2.61. The fraction of sp³-hybridized carbons (Fsp3) is 0.479. The van der Waals surface area contributed by atoms with Gasteiger partial charge in [-0.2, -0.15) is 0 Å². The minimum atomic E-state index is -0.108. The van der Waals surface area contributed by atoms with Crippen molar-refractivity contribution in [1.82, 2.24) is 0 Å². The van der Waals surface area contributed by atoms with E-state index in [2.05, 4.69) is 233 Å². The fourth-order valence-corrected chi connectivity index (χ4v) is 19.6. The van der Waals surface area contributed by atoms with Gasteiger partial charge in [0.15, 0.2) is 0 Å². The van der Waals surface area contributed by atoms with E-state index in [1.807, 2.05) is 0 Å². The van der Waals surface area contributed by atoms with Crippen LogP contribution in [-0.2, 0) is 43.3 Å². The molecule has 15 rings (SSSR count). The van der Waals surface area contributed by atoms with Crippen LogP contribution in [-0.4, -0.2) is 12.3 Å². The molecular weight excluding hydrogens is 962 g/mol. The summed E-state index contributed by atoms with van der Waals surface area (Å²) in [6.07, 6.45) is 13.5. The van der Waals surface area contributed by atoms with Crippen LogP contribution in [0.4, 0.5) is 44.8 Å². The molecule has 4 unspecified atom stereocenters. The van der Waals surface area contributed by atoms with Crippen LogP contribution in [0.25, 0.3) is 10.1 Å². The third kappa shape index (κ3) is 6.41. The summed E-state index contributed by atoms with van der Waals surface area (Å²) >= 11 is 2.08. The second-order valence-corrected chi connectivity index (χ2v) is 32.2. The number of hydrogen-bond acceptors (Lipinski definition) is 4. The van der Waals surface area contributed by atoms with Gasteiger partial charge in [0.2, 0.25) is 0 Å². The molecule has 2 fully saturated rings. The van der Waals surface area contributed by atoms with Crippen LogP contribution in [0.15, 0.2) is 103 Å². The molecule has 6 aromatic carbocycles. The zero-order valence-electron chi connectivity index (χ0n) is 49.9. The van der Waals surface area contributed by atoms with E-state index in [1.165, 1.54) is 169 Å². The van der Waals surface area contributed by atoms with Gasteiger partial charge in [-0.15, -0.1) is 11.3 Å². The molecule has 8 aliphatic rings. The number of nitrogens with zero attached hydrogens (tertiary/aromatic N) is 3. The first kappa shape index (κ1) is 49.8. The van der Waals surface area contributed by atoms with E-state index >= 15 is 0 Å². The zero-order valence-corrected chi connectivity index (χ0v) is 50.7. The predicted octanol–water partition coefficient (Wildman–Crippen LogP) is 18.4. The lowest BCUT2D eigenvalue weighted by Gasteiger charge is -2.51. The molecular formula is C73H84BN3S. The van der Waals surface area contributed by atoms with Crippen LogP contribution in [0.2, 0.25) is 0 Å². The number of hydrogen-bond donors (Lipinski definition) is 0. The molecule has 1 aromatic heterocycles. The topological polar surface area (TPSA) is 9.72 Å². The van der Waals surface area contributed by atoms with Gasteiger partial charge in [0.25, 0.3) is 6.71 Å². The Morgan fingerprint density at radius 2 is 1.01 bits per heavy atom. The average Bonchev–Trinajstić information content (AvgIpc) is 3.41. The maximum atomic E-state index is 2.86. The molecule has 0 saturated heterocycles. The van der Waals surface area contributed by atoms with Crippen molar-refractivity contribution in [3.8, 4) is 0 Å². The molecule has 3 nitrogen and oxygen atoms in total. The van der Waals surface area contributed by atoms with Gasteiger partial charge in [0.1, 0.15) is 0 Å². The first-order valence-corrected chi connectivity index (χ1v) is 31.2. The van der Waals surface area contributed by atoms with Crippen LogP contribution in [0.3, 0.4) is 0 Å². The number of rotatable bonds is 3. The average molecular weight is 1050 g/mol. The SMILES string of the molecule is CC(C)(C)c1ccc2c(c1)N(c1ccc3c(c1)C(C)(C)CCC3(C)C)c1cc(N3c4ccccc4C4(C)CCCCC34C)cc3c1B2c1c(sc2cc4c(cc12)C1(C)CCC4(C)C1)N3c1ccc2c(c1)C(C)(C)CCC2(C)C. The molecule has 0 radical (unpaired) electrons. The molecule has 400 valence electrons. The molecule has 0 spiro atoms. The zero-order chi connectivity index (χ0) is 54.4. The van der Waals surface area contributed by atoms with Gasteiger partial charge in [-0.3, -0.25) is 0 Å². The minimum Gasteiger partial charge on any atom is -0.334 e. The Labute approximate surface area is 472 Å². The molecule has 5 heteroatoms. The molecule has 0 N–H and O–H groups in total. The largest absolute Gasteiger partial charge is 0.334 e. The first-order chi connectivity index (χ1) is 36.7. The van der Waals surface area contributed by atoms with E-state index in [0.717, 1.165) is 6.42 Å². The van der Waals surface area contributed by atoms with Crippen LogP contribution in [0, 0.1) is 0 Å². The number of para-hydroxylation sites is 1. The van der Waals surface area contributed by atoms with Crippen molar-refractivity contribution < 1.29 is 0 Å². The van der Waals surface area contributed by atoms with Crippen molar-refractivity contribution in [2.24, 2.45) is 0 Å². The lowest BCUT2D eigenvalue weighted by atomic mass is 9.33. The van der Waals surface area contributed by atoms with Crippen LogP contribution < -0.4 is 31.1 Å². The number of thiophene rings is 1. The smallest absolute Gasteiger partial charge is 0.254 e. The fourth-order valence-electron chi connectivity index (χ4n) is 18.3. The molecule has 5 aliphatic carbocycles. The second-order valence-electron chi connectivity index (χ2n) is 31.2. The third-order valence-electron chi connectivity index (χ3n) is 23.4. The predicted molar refractivity (Wildman–Crippen MR) is 336 cm³/mol.